The standard InChI is InChI=1S/C19H26N4O2S/c1-12-6-4-5-7-16(12)23-18(14-8-10-15(25-3)11-9-14)21-22-19(23)26-13(2)17(20)24/h8-13,16H,4-7H2,1-3H3,(H2,20,24)/t12-,13+,16-/m0/s1. The van der Waals surface area contributed by atoms with Crippen LogP contribution in [0.5, 0.6) is 5.75 Å². The monoisotopic (exact) mass is 374 g/mol. The van der Waals surface area contributed by atoms with E-state index in [0.29, 0.717) is 12.0 Å². The summed E-state index contributed by atoms with van der Waals surface area (Å²) in [6.07, 6.45) is 4.75. The quantitative estimate of drug-likeness (QED) is 0.780. The molecule has 1 aliphatic carbocycles. The van der Waals surface area contributed by atoms with Gasteiger partial charge in [-0.15, -0.1) is 10.2 Å². The van der Waals surface area contributed by atoms with Crippen molar-refractivity contribution in [3.05, 3.63) is 24.3 Å². The van der Waals surface area contributed by atoms with Gasteiger partial charge in [0, 0.05) is 11.6 Å². The Kier molecular flexibility index (Phi) is 5.86. The average molecular weight is 375 g/mol. The summed E-state index contributed by atoms with van der Waals surface area (Å²) in [4.78, 5) is 11.5. The molecule has 1 amide bonds. The molecule has 1 saturated carbocycles. The number of primary amides is 1. The van der Waals surface area contributed by atoms with Crippen molar-refractivity contribution < 1.29 is 9.53 Å². The van der Waals surface area contributed by atoms with E-state index in [1.54, 1.807) is 7.11 Å². The third kappa shape index (κ3) is 3.87. The summed E-state index contributed by atoms with van der Waals surface area (Å²) in [6, 6.07) is 8.19. The number of methoxy groups -OCH3 is 1. The molecule has 3 atom stereocenters. The Hall–Kier alpha value is -2.02. The van der Waals surface area contributed by atoms with Crippen molar-refractivity contribution in [3.8, 4) is 17.1 Å². The van der Waals surface area contributed by atoms with Gasteiger partial charge in [0.15, 0.2) is 11.0 Å². The predicted octanol–water partition coefficient (Wildman–Crippen LogP) is 3.67. The Balaban J connectivity index is 2.02. The fraction of sp³-hybridized carbons (Fsp3) is 0.526. The molecule has 1 aromatic heterocycles. The van der Waals surface area contributed by atoms with Crippen LogP contribution in [0.2, 0.25) is 0 Å². The van der Waals surface area contributed by atoms with Crippen LogP contribution in [0.3, 0.4) is 0 Å². The lowest BCUT2D eigenvalue weighted by Gasteiger charge is -2.31. The Labute approximate surface area is 158 Å². The third-order valence-electron chi connectivity index (χ3n) is 5.09. The maximum atomic E-state index is 11.5. The van der Waals surface area contributed by atoms with E-state index in [1.165, 1.54) is 31.0 Å². The number of carbonyl (C=O) groups is 1. The van der Waals surface area contributed by atoms with E-state index in [9.17, 15) is 4.79 Å². The normalized spacial score (nSPS) is 21.3. The second-order valence-electron chi connectivity index (χ2n) is 6.90. The number of hydrogen-bond acceptors (Lipinski definition) is 5. The fourth-order valence-electron chi connectivity index (χ4n) is 3.49. The third-order valence-corrected chi connectivity index (χ3v) is 6.17. The molecular formula is C19H26N4O2S. The fourth-order valence-corrected chi connectivity index (χ4v) is 4.35. The minimum atomic E-state index is -0.347. The average Bonchev–Trinajstić information content (AvgIpc) is 3.05. The molecule has 1 fully saturated rings. The van der Waals surface area contributed by atoms with Gasteiger partial charge in [-0.05, 0) is 49.9 Å². The van der Waals surface area contributed by atoms with Crippen molar-refractivity contribution in [2.24, 2.45) is 11.7 Å². The van der Waals surface area contributed by atoms with Gasteiger partial charge in [0.25, 0.3) is 0 Å². The molecule has 2 N–H and O–H groups in total. The second-order valence-corrected chi connectivity index (χ2v) is 8.20. The molecule has 0 saturated heterocycles. The van der Waals surface area contributed by atoms with Crippen molar-refractivity contribution in [1.82, 2.24) is 14.8 Å². The van der Waals surface area contributed by atoms with Crippen molar-refractivity contribution in [3.63, 3.8) is 0 Å². The number of aromatic nitrogens is 3. The van der Waals surface area contributed by atoms with Gasteiger partial charge in [-0.2, -0.15) is 0 Å². The van der Waals surface area contributed by atoms with Gasteiger partial charge in [0.1, 0.15) is 5.75 Å². The molecule has 140 valence electrons. The first-order valence-corrected chi connectivity index (χ1v) is 9.94. The zero-order valence-corrected chi connectivity index (χ0v) is 16.3. The summed E-state index contributed by atoms with van der Waals surface area (Å²) >= 11 is 1.39. The first-order valence-electron chi connectivity index (χ1n) is 9.06. The highest BCUT2D eigenvalue weighted by molar-refractivity contribution is 8.00. The Morgan fingerprint density at radius 1 is 1.27 bits per heavy atom. The first-order chi connectivity index (χ1) is 12.5. The van der Waals surface area contributed by atoms with E-state index in [1.807, 2.05) is 31.2 Å². The molecule has 26 heavy (non-hydrogen) atoms. The van der Waals surface area contributed by atoms with Gasteiger partial charge in [0.2, 0.25) is 5.91 Å². The number of nitrogens with zero attached hydrogens (tertiary/aromatic N) is 3. The second kappa shape index (κ2) is 8.12. The highest BCUT2D eigenvalue weighted by atomic mass is 32.2. The minimum Gasteiger partial charge on any atom is -0.497 e. The molecule has 0 radical (unpaired) electrons. The number of carbonyl (C=O) groups excluding carboxylic acids is 1. The van der Waals surface area contributed by atoms with Crippen molar-refractivity contribution in [2.75, 3.05) is 7.11 Å². The van der Waals surface area contributed by atoms with Crippen LogP contribution in [0, 0.1) is 5.92 Å². The Morgan fingerprint density at radius 2 is 1.96 bits per heavy atom. The maximum absolute atomic E-state index is 11.5. The van der Waals surface area contributed by atoms with Gasteiger partial charge in [0.05, 0.1) is 12.4 Å². The van der Waals surface area contributed by atoms with Crippen LogP contribution < -0.4 is 10.5 Å². The zero-order valence-electron chi connectivity index (χ0n) is 15.5. The number of thioether (sulfide) groups is 1. The molecule has 6 nitrogen and oxygen atoms in total. The minimum absolute atomic E-state index is 0.332. The van der Waals surface area contributed by atoms with Crippen molar-refractivity contribution in [2.45, 2.75) is 56.0 Å². The molecule has 2 aromatic rings. The molecule has 0 bridgehead atoms. The largest absolute Gasteiger partial charge is 0.497 e. The maximum Gasteiger partial charge on any atom is 0.230 e. The molecule has 1 heterocycles. The lowest BCUT2D eigenvalue weighted by Crippen LogP contribution is -2.25. The summed E-state index contributed by atoms with van der Waals surface area (Å²) in [5.41, 5.74) is 6.45. The summed E-state index contributed by atoms with van der Waals surface area (Å²) < 4.78 is 7.47. The number of amides is 1. The number of nitrogens with two attached hydrogens (primary N) is 1. The highest BCUT2D eigenvalue weighted by Gasteiger charge is 2.29. The molecule has 0 unspecified atom stereocenters. The molecule has 3 rings (SSSR count). The Morgan fingerprint density at radius 3 is 2.58 bits per heavy atom. The summed E-state index contributed by atoms with van der Waals surface area (Å²) in [6.45, 7) is 4.09. The van der Waals surface area contributed by atoms with Gasteiger partial charge >= 0.3 is 0 Å². The molecule has 1 aromatic carbocycles. The number of hydrogen-bond donors (Lipinski definition) is 1. The van der Waals surface area contributed by atoms with Crippen LogP contribution in [0.4, 0.5) is 0 Å². The van der Waals surface area contributed by atoms with E-state index >= 15 is 0 Å². The van der Waals surface area contributed by atoms with Crippen LogP contribution >= 0.6 is 11.8 Å². The summed E-state index contributed by atoms with van der Waals surface area (Å²) in [5, 5.41) is 9.29. The van der Waals surface area contributed by atoms with Gasteiger partial charge in [-0.3, -0.25) is 9.36 Å². The number of ether oxygens (including phenoxy) is 1. The van der Waals surface area contributed by atoms with E-state index in [0.717, 1.165) is 28.7 Å². The zero-order chi connectivity index (χ0) is 18.7. The van der Waals surface area contributed by atoms with Crippen molar-refractivity contribution in [1.29, 1.82) is 0 Å². The lowest BCUT2D eigenvalue weighted by atomic mass is 9.85. The SMILES string of the molecule is COc1ccc(-c2nnc(S[C@H](C)C(N)=O)n2[C@H]2CCCC[C@@H]2C)cc1. The molecule has 1 aliphatic rings. The molecule has 0 spiro atoms. The van der Waals surface area contributed by atoms with Crippen LogP contribution in [-0.2, 0) is 4.79 Å². The first kappa shape index (κ1) is 18.8. The predicted molar refractivity (Wildman–Crippen MR) is 103 cm³/mol. The van der Waals surface area contributed by atoms with Gasteiger partial charge < -0.3 is 10.5 Å². The summed E-state index contributed by atoms with van der Waals surface area (Å²) in [7, 11) is 1.65. The lowest BCUT2D eigenvalue weighted by molar-refractivity contribution is -0.117. The number of benzene rings is 1. The number of rotatable bonds is 6. The van der Waals surface area contributed by atoms with Gasteiger partial charge in [-0.1, -0.05) is 31.5 Å². The molecular weight excluding hydrogens is 348 g/mol. The van der Waals surface area contributed by atoms with E-state index in [4.69, 9.17) is 10.5 Å². The van der Waals surface area contributed by atoms with Crippen LogP contribution in [-0.4, -0.2) is 33.0 Å². The molecule has 7 heteroatoms. The Bertz CT molecular complexity index is 759. The topological polar surface area (TPSA) is 83.0 Å². The van der Waals surface area contributed by atoms with E-state index in [-0.39, 0.29) is 11.2 Å². The highest BCUT2D eigenvalue weighted by Crippen LogP contribution is 2.39. The van der Waals surface area contributed by atoms with Crippen LogP contribution in [0.15, 0.2) is 29.4 Å². The van der Waals surface area contributed by atoms with Crippen LogP contribution in [0.1, 0.15) is 45.6 Å². The van der Waals surface area contributed by atoms with Gasteiger partial charge in [-0.25, -0.2) is 0 Å². The molecule has 0 aliphatic heterocycles. The summed E-state index contributed by atoms with van der Waals surface area (Å²) in [5.74, 6) is 1.85. The van der Waals surface area contributed by atoms with E-state index in [2.05, 4.69) is 21.7 Å². The van der Waals surface area contributed by atoms with E-state index < -0.39 is 0 Å². The van der Waals surface area contributed by atoms with Crippen molar-refractivity contribution >= 4 is 17.7 Å². The smallest absolute Gasteiger partial charge is 0.230 e. The van der Waals surface area contributed by atoms with Crippen LogP contribution in [0.25, 0.3) is 11.4 Å².